The second-order valence-electron chi connectivity index (χ2n) is 7.02. The first-order valence-corrected chi connectivity index (χ1v) is 13.0. The maximum Gasteiger partial charge on any atom is 0.271 e. The summed E-state index contributed by atoms with van der Waals surface area (Å²) in [5, 5.41) is 11.6. The molecule has 0 spiro atoms. The Morgan fingerprint density at radius 3 is 2.64 bits per heavy atom. The molecule has 33 heavy (non-hydrogen) atoms. The largest absolute Gasteiger partial charge is 0.380 e. The molecular formula is C21H22ClN3O6S2. The first-order chi connectivity index (χ1) is 15.7. The van der Waals surface area contributed by atoms with Crippen LogP contribution >= 0.6 is 22.9 Å². The zero-order chi connectivity index (χ0) is 24.0. The standard InChI is InChI=1S/C21H22ClN3O6S2/c1-2-31-12-11-24-18-14-16(25(27)28)7-10-19(18)32-21(24)23-20(26)4-3-13-33(29,30)17-8-5-15(22)6-9-17/h5-10,14H,2-4,11-13H2,1H3. The summed E-state index contributed by atoms with van der Waals surface area (Å²) in [5.41, 5.74) is 0.529. The summed E-state index contributed by atoms with van der Waals surface area (Å²) < 4.78 is 32.7. The molecule has 0 aliphatic heterocycles. The number of carbonyl (C=O) groups excluding carboxylic acids is 1. The minimum atomic E-state index is -3.54. The number of carbonyl (C=O) groups is 1. The number of nitrogens with zero attached hydrogens (tertiary/aromatic N) is 3. The number of halogens is 1. The number of nitro groups is 1. The Hall–Kier alpha value is -2.60. The van der Waals surface area contributed by atoms with Gasteiger partial charge in [-0.3, -0.25) is 14.9 Å². The number of rotatable bonds is 10. The number of amides is 1. The molecule has 0 saturated carbocycles. The topological polar surface area (TPSA) is 121 Å². The van der Waals surface area contributed by atoms with Gasteiger partial charge in [0, 0.05) is 36.7 Å². The van der Waals surface area contributed by atoms with Gasteiger partial charge >= 0.3 is 0 Å². The molecule has 0 fully saturated rings. The normalized spacial score (nSPS) is 12.4. The zero-order valence-corrected chi connectivity index (χ0v) is 20.2. The minimum Gasteiger partial charge on any atom is -0.380 e. The number of sulfone groups is 1. The molecule has 1 heterocycles. The third-order valence-corrected chi connectivity index (χ3v) is 7.86. The Labute approximate surface area is 199 Å². The van der Waals surface area contributed by atoms with E-state index in [0.717, 1.165) is 4.70 Å². The monoisotopic (exact) mass is 511 g/mol. The fourth-order valence-corrected chi connectivity index (χ4v) is 5.60. The summed E-state index contributed by atoms with van der Waals surface area (Å²) in [6.07, 6.45) is 0.0648. The summed E-state index contributed by atoms with van der Waals surface area (Å²) >= 11 is 7.03. The van der Waals surface area contributed by atoms with E-state index in [4.69, 9.17) is 16.3 Å². The van der Waals surface area contributed by atoms with Crippen LogP contribution in [0.3, 0.4) is 0 Å². The number of aromatic nitrogens is 1. The molecule has 0 N–H and O–H groups in total. The number of hydrogen-bond acceptors (Lipinski definition) is 7. The quantitative estimate of drug-likeness (QED) is 0.230. The first kappa shape index (κ1) is 25.0. The highest BCUT2D eigenvalue weighted by atomic mass is 35.5. The van der Waals surface area contributed by atoms with Crippen molar-refractivity contribution in [1.82, 2.24) is 4.57 Å². The molecule has 176 valence electrons. The lowest BCUT2D eigenvalue weighted by atomic mass is 10.3. The van der Waals surface area contributed by atoms with E-state index in [9.17, 15) is 23.3 Å². The highest BCUT2D eigenvalue weighted by Crippen LogP contribution is 2.23. The molecule has 1 aromatic heterocycles. The van der Waals surface area contributed by atoms with E-state index >= 15 is 0 Å². The van der Waals surface area contributed by atoms with E-state index in [1.165, 1.54) is 47.7 Å². The third-order valence-electron chi connectivity index (χ3n) is 4.74. The number of non-ortho nitro benzene ring substituents is 1. The highest BCUT2D eigenvalue weighted by molar-refractivity contribution is 7.91. The number of nitro benzene ring substituents is 1. The second kappa shape index (κ2) is 11.0. The maximum absolute atomic E-state index is 12.5. The molecule has 0 bridgehead atoms. The SMILES string of the molecule is CCOCCn1c(=NC(=O)CCCS(=O)(=O)c2ccc(Cl)cc2)sc2ccc([N+](=O)[O-])cc21. The molecule has 12 heteroatoms. The van der Waals surface area contributed by atoms with Crippen LogP contribution in [0.15, 0.2) is 52.4 Å². The van der Waals surface area contributed by atoms with E-state index in [2.05, 4.69) is 4.99 Å². The summed E-state index contributed by atoms with van der Waals surface area (Å²) in [6.45, 7) is 3.09. The van der Waals surface area contributed by atoms with Gasteiger partial charge in [-0.1, -0.05) is 22.9 Å². The summed E-state index contributed by atoms with van der Waals surface area (Å²) in [6, 6.07) is 10.3. The molecule has 0 atom stereocenters. The van der Waals surface area contributed by atoms with Crippen LogP contribution in [0.4, 0.5) is 5.69 Å². The van der Waals surface area contributed by atoms with Crippen molar-refractivity contribution in [2.24, 2.45) is 4.99 Å². The maximum atomic E-state index is 12.5. The van der Waals surface area contributed by atoms with Gasteiger partial charge in [0.05, 0.1) is 32.4 Å². The van der Waals surface area contributed by atoms with Crippen molar-refractivity contribution in [3.63, 3.8) is 0 Å². The first-order valence-electron chi connectivity index (χ1n) is 10.1. The van der Waals surface area contributed by atoms with Crippen LogP contribution in [0.2, 0.25) is 5.02 Å². The fourth-order valence-electron chi connectivity index (χ4n) is 3.11. The molecular weight excluding hydrogens is 490 g/mol. The van der Waals surface area contributed by atoms with Gasteiger partial charge in [-0.05, 0) is 43.7 Å². The molecule has 0 unspecified atom stereocenters. The second-order valence-corrected chi connectivity index (χ2v) is 10.6. The van der Waals surface area contributed by atoms with E-state index in [0.29, 0.717) is 35.1 Å². The van der Waals surface area contributed by atoms with Gasteiger partial charge in [0.25, 0.3) is 5.69 Å². The molecule has 0 saturated heterocycles. The lowest BCUT2D eigenvalue weighted by Crippen LogP contribution is -2.20. The Balaban J connectivity index is 1.79. The van der Waals surface area contributed by atoms with Crippen molar-refractivity contribution < 1.29 is 22.9 Å². The van der Waals surface area contributed by atoms with Crippen molar-refractivity contribution in [3.05, 3.63) is 62.4 Å². The van der Waals surface area contributed by atoms with E-state index < -0.39 is 20.7 Å². The Morgan fingerprint density at radius 2 is 1.97 bits per heavy atom. The number of benzene rings is 2. The summed E-state index contributed by atoms with van der Waals surface area (Å²) in [5.74, 6) is -0.661. The predicted molar refractivity (Wildman–Crippen MR) is 126 cm³/mol. The van der Waals surface area contributed by atoms with Crippen molar-refractivity contribution in [3.8, 4) is 0 Å². The lowest BCUT2D eigenvalue weighted by molar-refractivity contribution is -0.384. The molecule has 2 aromatic carbocycles. The number of ether oxygens (including phenoxy) is 1. The number of hydrogen-bond donors (Lipinski definition) is 0. The molecule has 0 aliphatic carbocycles. The van der Waals surface area contributed by atoms with Gasteiger partial charge < -0.3 is 9.30 Å². The van der Waals surface area contributed by atoms with Crippen LogP contribution in [-0.4, -0.2) is 42.8 Å². The van der Waals surface area contributed by atoms with Crippen LogP contribution in [0, 0.1) is 10.1 Å². The molecule has 0 radical (unpaired) electrons. The Bertz CT molecular complexity index is 1330. The zero-order valence-electron chi connectivity index (χ0n) is 17.8. The Kier molecular flexibility index (Phi) is 8.35. The Morgan fingerprint density at radius 1 is 1.24 bits per heavy atom. The summed E-state index contributed by atoms with van der Waals surface area (Å²) in [4.78, 5) is 27.9. The fraction of sp³-hybridized carbons (Fsp3) is 0.333. The van der Waals surface area contributed by atoms with Crippen molar-refractivity contribution in [1.29, 1.82) is 0 Å². The van der Waals surface area contributed by atoms with E-state index in [1.54, 1.807) is 10.6 Å². The van der Waals surface area contributed by atoms with Crippen LogP contribution in [0.1, 0.15) is 19.8 Å². The van der Waals surface area contributed by atoms with E-state index in [-0.39, 0.29) is 29.2 Å². The predicted octanol–water partition coefficient (Wildman–Crippen LogP) is 3.98. The van der Waals surface area contributed by atoms with Gasteiger partial charge in [-0.2, -0.15) is 4.99 Å². The van der Waals surface area contributed by atoms with Gasteiger partial charge in [-0.15, -0.1) is 0 Å². The van der Waals surface area contributed by atoms with Crippen LogP contribution in [0.25, 0.3) is 10.2 Å². The third kappa shape index (κ3) is 6.47. The minimum absolute atomic E-state index is 0.0489. The van der Waals surface area contributed by atoms with Crippen LogP contribution < -0.4 is 4.80 Å². The van der Waals surface area contributed by atoms with Crippen molar-refractivity contribution >= 4 is 54.6 Å². The molecule has 0 aliphatic rings. The van der Waals surface area contributed by atoms with Gasteiger partial charge in [-0.25, -0.2) is 8.42 Å². The van der Waals surface area contributed by atoms with E-state index in [1.807, 2.05) is 6.92 Å². The smallest absolute Gasteiger partial charge is 0.271 e. The number of thiazole rings is 1. The van der Waals surface area contributed by atoms with Crippen LogP contribution in [-0.2, 0) is 25.9 Å². The molecule has 3 rings (SSSR count). The van der Waals surface area contributed by atoms with Crippen LogP contribution in [0.5, 0.6) is 0 Å². The molecule has 1 amide bonds. The average molecular weight is 512 g/mol. The highest BCUT2D eigenvalue weighted by Gasteiger charge is 2.16. The van der Waals surface area contributed by atoms with Gasteiger partial charge in [0.15, 0.2) is 14.6 Å². The average Bonchev–Trinajstić information content (AvgIpc) is 3.10. The lowest BCUT2D eigenvalue weighted by Gasteiger charge is -2.05. The molecule has 9 nitrogen and oxygen atoms in total. The molecule has 3 aromatic rings. The van der Waals surface area contributed by atoms with Crippen molar-refractivity contribution in [2.45, 2.75) is 31.2 Å². The van der Waals surface area contributed by atoms with Gasteiger partial charge in [0.2, 0.25) is 5.91 Å². The van der Waals surface area contributed by atoms with Gasteiger partial charge in [0.1, 0.15) is 0 Å². The van der Waals surface area contributed by atoms with Crippen molar-refractivity contribution in [2.75, 3.05) is 19.0 Å². The number of fused-ring (bicyclic) bond motifs is 1. The summed E-state index contributed by atoms with van der Waals surface area (Å²) in [7, 11) is -3.54.